The maximum atomic E-state index is 13.1. The molecule has 1 atom stereocenters. The predicted molar refractivity (Wildman–Crippen MR) is 72.4 cm³/mol. The van der Waals surface area contributed by atoms with Crippen molar-refractivity contribution in [2.45, 2.75) is 30.4 Å². The monoisotopic (exact) mass is 291 g/mol. The summed E-state index contributed by atoms with van der Waals surface area (Å²) in [6.45, 7) is 3.48. The third kappa shape index (κ3) is 3.86. The first kappa shape index (κ1) is 15.3. The van der Waals surface area contributed by atoms with Crippen LogP contribution in [0, 0.1) is 5.82 Å². The average Bonchev–Trinajstić information content (AvgIpc) is 2.29. The Morgan fingerprint density at radius 2 is 2.22 bits per heavy atom. The van der Waals surface area contributed by atoms with Gasteiger partial charge < -0.3 is 10.8 Å². The number of carbonyl (C=O) groups is 1. The Labute approximate surface area is 115 Å². The lowest BCUT2D eigenvalue weighted by molar-refractivity contribution is -0.139. The molecular formula is C12H15ClFNO2S. The van der Waals surface area contributed by atoms with E-state index in [9.17, 15) is 9.18 Å². The van der Waals surface area contributed by atoms with E-state index in [-0.39, 0.29) is 5.82 Å². The Hall–Kier alpha value is -0.780. The molecule has 0 spiro atoms. The summed E-state index contributed by atoms with van der Waals surface area (Å²) >= 11 is 7.27. The highest BCUT2D eigenvalue weighted by Gasteiger charge is 2.32. The van der Waals surface area contributed by atoms with E-state index in [1.165, 1.54) is 30.0 Å². The normalized spacial score (nSPS) is 13.4. The second-order valence-electron chi connectivity index (χ2n) is 4.44. The molecule has 1 rings (SSSR count). The molecule has 0 amide bonds. The first-order valence-corrected chi connectivity index (χ1v) is 6.66. The van der Waals surface area contributed by atoms with E-state index < -0.39 is 16.8 Å². The SMILES string of the molecule is CC(C)(SCc1cc(F)ccc1Cl)[C@@H](N)C(=O)O. The van der Waals surface area contributed by atoms with Crippen molar-refractivity contribution < 1.29 is 14.3 Å². The number of halogens is 2. The molecule has 3 N–H and O–H groups in total. The molecular weight excluding hydrogens is 277 g/mol. The van der Waals surface area contributed by atoms with Crippen LogP contribution < -0.4 is 5.73 Å². The van der Waals surface area contributed by atoms with Crippen LogP contribution in [0.15, 0.2) is 18.2 Å². The van der Waals surface area contributed by atoms with E-state index in [1.54, 1.807) is 13.8 Å². The van der Waals surface area contributed by atoms with Crippen LogP contribution in [0.5, 0.6) is 0 Å². The van der Waals surface area contributed by atoms with Crippen LogP contribution in [0.3, 0.4) is 0 Å². The summed E-state index contributed by atoms with van der Waals surface area (Å²) in [5, 5.41) is 9.35. The van der Waals surface area contributed by atoms with Crippen molar-refractivity contribution in [2.75, 3.05) is 0 Å². The molecule has 0 aliphatic rings. The van der Waals surface area contributed by atoms with Crippen molar-refractivity contribution >= 4 is 29.3 Å². The molecule has 0 saturated carbocycles. The minimum Gasteiger partial charge on any atom is -0.480 e. The van der Waals surface area contributed by atoms with Gasteiger partial charge in [0.2, 0.25) is 0 Å². The molecule has 0 unspecified atom stereocenters. The number of thioether (sulfide) groups is 1. The van der Waals surface area contributed by atoms with Crippen LogP contribution in [0.4, 0.5) is 4.39 Å². The first-order chi connectivity index (χ1) is 8.24. The van der Waals surface area contributed by atoms with Crippen molar-refractivity contribution in [2.24, 2.45) is 5.73 Å². The number of hydrogen-bond donors (Lipinski definition) is 2. The molecule has 18 heavy (non-hydrogen) atoms. The van der Waals surface area contributed by atoms with Gasteiger partial charge in [0.1, 0.15) is 11.9 Å². The highest BCUT2D eigenvalue weighted by atomic mass is 35.5. The summed E-state index contributed by atoms with van der Waals surface area (Å²) in [4.78, 5) is 10.9. The minimum atomic E-state index is -1.06. The first-order valence-electron chi connectivity index (χ1n) is 5.30. The summed E-state index contributed by atoms with van der Waals surface area (Å²) in [6, 6.07) is 3.12. The number of hydrogen-bond acceptors (Lipinski definition) is 3. The van der Waals surface area contributed by atoms with Crippen LogP contribution in [-0.2, 0) is 10.5 Å². The Balaban J connectivity index is 2.75. The number of carboxylic acid groups (broad SMARTS) is 1. The molecule has 0 aliphatic heterocycles. The van der Waals surface area contributed by atoms with Crippen molar-refractivity contribution in [1.82, 2.24) is 0 Å². The van der Waals surface area contributed by atoms with Gasteiger partial charge in [-0.15, -0.1) is 11.8 Å². The third-order valence-corrected chi connectivity index (χ3v) is 4.44. The highest BCUT2D eigenvalue weighted by Crippen LogP contribution is 2.32. The average molecular weight is 292 g/mol. The standard InChI is InChI=1S/C12H15ClFNO2S/c1-12(2,10(15)11(16)17)18-6-7-5-8(14)3-4-9(7)13/h3-5,10H,6,15H2,1-2H3,(H,16,17)/t10-/m0/s1. The van der Waals surface area contributed by atoms with Gasteiger partial charge in [0.05, 0.1) is 0 Å². The van der Waals surface area contributed by atoms with Crippen LogP contribution >= 0.6 is 23.4 Å². The summed E-state index contributed by atoms with van der Waals surface area (Å²) in [5.74, 6) is -1.02. The van der Waals surface area contributed by atoms with Crippen molar-refractivity contribution in [1.29, 1.82) is 0 Å². The molecule has 0 heterocycles. The van der Waals surface area contributed by atoms with E-state index in [1.807, 2.05) is 0 Å². The zero-order valence-corrected chi connectivity index (χ0v) is 11.7. The molecule has 0 radical (unpaired) electrons. The Kier molecular flexibility index (Phi) is 5.01. The smallest absolute Gasteiger partial charge is 0.321 e. The fourth-order valence-corrected chi connectivity index (χ4v) is 2.62. The van der Waals surface area contributed by atoms with Gasteiger partial charge in [0.15, 0.2) is 0 Å². The van der Waals surface area contributed by atoms with Crippen molar-refractivity contribution in [3.8, 4) is 0 Å². The van der Waals surface area contributed by atoms with Gasteiger partial charge in [-0.2, -0.15) is 0 Å². The lowest BCUT2D eigenvalue weighted by atomic mass is 10.1. The van der Waals surface area contributed by atoms with E-state index in [0.717, 1.165) is 0 Å². The second-order valence-corrected chi connectivity index (χ2v) is 6.48. The van der Waals surface area contributed by atoms with Crippen LogP contribution in [0.1, 0.15) is 19.4 Å². The van der Waals surface area contributed by atoms with Crippen LogP contribution in [0.25, 0.3) is 0 Å². The lowest BCUT2D eigenvalue weighted by Crippen LogP contribution is -2.46. The lowest BCUT2D eigenvalue weighted by Gasteiger charge is -2.28. The molecule has 0 aromatic heterocycles. The molecule has 3 nitrogen and oxygen atoms in total. The van der Waals surface area contributed by atoms with Gasteiger partial charge in [0, 0.05) is 15.5 Å². The van der Waals surface area contributed by atoms with Crippen LogP contribution in [0.2, 0.25) is 5.02 Å². The third-order valence-electron chi connectivity index (χ3n) is 2.62. The minimum absolute atomic E-state index is 0.365. The number of rotatable bonds is 5. The van der Waals surface area contributed by atoms with Crippen molar-refractivity contribution in [3.63, 3.8) is 0 Å². The summed E-state index contributed by atoms with van der Waals surface area (Å²) in [6.07, 6.45) is 0. The molecule has 0 bridgehead atoms. The summed E-state index contributed by atoms with van der Waals surface area (Å²) in [5.41, 5.74) is 6.23. The molecule has 0 fully saturated rings. The molecule has 100 valence electrons. The Morgan fingerprint density at radius 3 is 2.78 bits per heavy atom. The fourth-order valence-electron chi connectivity index (χ4n) is 1.30. The molecule has 0 aliphatic carbocycles. The zero-order valence-electron chi connectivity index (χ0n) is 10.1. The topological polar surface area (TPSA) is 63.3 Å². The quantitative estimate of drug-likeness (QED) is 0.875. The predicted octanol–water partition coefficient (Wildman–Crippen LogP) is 2.90. The largest absolute Gasteiger partial charge is 0.480 e. The fraction of sp³-hybridized carbons (Fsp3) is 0.417. The Bertz CT molecular complexity index is 454. The number of benzene rings is 1. The highest BCUT2D eigenvalue weighted by molar-refractivity contribution is 7.99. The number of aliphatic carboxylic acids is 1. The molecule has 1 aromatic rings. The molecule has 0 saturated heterocycles. The summed E-state index contributed by atoms with van der Waals surface area (Å²) < 4.78 is 12.4. The van der Waals surface area contributed by atoms with E-state index >= 15 is 0 Å². The number of nitrogens with two attached hydrogens (primary N) is 1. The Morgan fingerprint density at radius 1 is 1.61 bits per heavy atom. The van der Waals surface area contributed by atoms with E-state index in [0.29, 0.717) is 16.3 Å². The zero-order chi connectivity index (χ0) is 13.9. The maximum Gasteiger partial charge on any atom is 0.321 e. The van der Waals surface area contributed by atoms with Gasteiger partial charge in [-0.05, 0) is 37.6 Å². The van der Waals surface area contributed by atoms with Gasteiger partial charge in [0.25, 0.3) is 0 Å². The van der Waals surface area contributed by atoms with E-state index in [4.69, 9.17) is 22.4 Å². The summed E-state index contributed by atoms with van der Waals surface area (Å²) in [7, 11) is 0. The molecule has 6 heteroatoms. The van der Waals surface area contributed by atoms with Gasteiger partial charge >= 0.3 is 5.97 Å². The van der Waals surface area contributed by atoms with Gasteiger partial charge in [-0.1, -0.05) is 11.6 Å². The van der Waals surface area contributed by atoms with Gasteiger partial charge in [-0.3, -0.25) is 4.79 Å². The molecule has 1 aromatic carbocycles. The maximum absolute atomic E-state index is 13.1. The van der Waals surface area contributed by atoms with Gasteiger partial charge in [-0.25, -0.2) is 4.39 Å². The number of carboxylic acids is 1. The van der Waals surface area contributed by atoms with Crippen LogP contribution in [-0.4, -0.2) is 21.9 Å². The van der Waals surface area contributed by atoms with E-state index in [2.05, 4.69) is 0 Å². The second kappa shape index (κ2) is 5.91. The van der Waals surface area contributed by atoms with Crippen molar-refractivity contribution in [3.05, 3.63) is 34.6 Å².